The largest absolute Gasteiger partial charge is 0.444 e. The number of nitrogens with one attached hydrogen (secondary N) is 3. The van der Waals surface area contributed by atoms with Crippen molar-refractivity contribution >= 4 is 28.7 Å². The van der Waals surface area contributed by atoms with E-state index in [-0.39, 0.29) is 19.5 Å². The number of fused-ring (bicyclic) bond motifs is 1. The highest BCUT2D eigenvalue weighted by atomic mass is 16.6. The Morgan fingerprint density at radius 3 is 2.48 bits per heavy atom. The summed E-state index contributed by atoms with van der Waals surface area (Å²) in [6.07, 6.45) is 2.50. The molecule has 1 atom stereocenters. The summed E-state index contributed by atoms with van der Waals surface area (Å²) in [5.74, 6) is -0.855. The molecule has 0 spiro atoms. The minimum atomic E-state index is -1.05. The second-order valence-electron chi connectivity index (χ2n) is 10.9. The molecule has 0 bridgehead atoms. The number of alkyl carbamates (subject to hydrolysis) is 1. The van der Waals surface area contributed by atoms with Crippen LogP contribution in [-0.4, -0.2) is 45.6 Å². The van der Waals surface area contributed by atoms with Crippen LogP contribution in [0.4, 0.5) is 4.79 Å². The third-order valence-corrected chi connectivity index (χ3v) is 6.41. The molecule has 0 radical (unpaired) electrons. The summed E-state index contributed by atoms with van der Waals surface area (Å²) in [5.41, 5.74) is 2.37. The van der Waals surface area contributed by atoms with Gasteiger partial charge in [0.1, 0.15) is 11.6 Å². The van der Waals surface area contributed by atoms with Crippen LogP contribution in [0.2, 0.25) is 0 Å². The number of benzene rings is 3. The van der Waals surface area contributed by atoms with E-state index in [2.05, 4.69) is 27.0 Å². The van der Waals surface area contributed by atoms with E-state index in [9.17, 15) is 14.4 Å². The number of hydrogen-bond donors (Lipinski definition) is 3. The Bertz CT molecular complexity index is 1590. The number of carbonyl (C=O) groups is 3. The molecule has 3 aromatic carbocycles. The third kappa shape index (κ3) is 8.41. The number of carbonyl (C=O) groups excluding carboxylic acids is 3. The highest BCUT2D eigenvalue weighted by Gasteiger charge is 2.24. The van der Waals surface area contributed by atoms with Crippen LogP contribution < -0.4 is 16.0 Å². The highest BCUT2D eigenvalue weighted by molar-refractivity contribution is 5.90. The second kappa shape index (κ2) is 13.5. The molecular formula is C32H34N6O4. The minimum Gasteiger partial charge on any atom is -0.444 e. The highest BCUT2D eigenvalue weighted by Crippen LogP contribution is 2.18. The lowest BCUT2D eigenvalue weighted by atomic mass is 10.0. The summed E-state index contributed by atoms with van der Waals surface area (Å²) in [7, 11) is 0. The fourth-order valence-electron chi connectivity index (χ4n) is 4.39. The summed E-state index contributed by atoms with van der Waals surface area (Å²) in [6, 6.07) is 22.0. The maximum atomic E-state index is 13.3. The average molecular weight is 567 g/mol. The van der Waals surface area contributed by atoms with E-state index in [0.717, 1.165) is 21.9 Å². The number of rotatable bonds is 10. The Hall–Kier alpha value is -5.17. The van der Waals surface area contributed by atoms with Crippen LogP contribution in [0.3, 0.4) is 0 Å². The Morgan fingerprint density at radius 1 is 1.00 bits per heavy atom. The van der Waals surface area contributed by atoms with Gasteiger partial charge in [0.05, 0.1) is 30.9 Å². The smallest absolute Gasteiger partial charge is 0.407 e. The van der Waals surface area contributed by atoms with Gasteiger partial charge in [-0.05, 0) is 54.8 Å². The van der Waals surface area contributed by atoms with Gasteiger partial charge in [0.15, 0.2) is 0 Å². The van der Waals surface area contributed by atoms with Gasteiger partial charge in [0, 0.05) is 25.0 Å². The van der Waals surface area contributed by atoms with Gasteiger partial charge in [-0.2, -0.15) is 5.26 Å². The van der Waals surface area contributed by atoms with Crippen LogP contribution in [0.15, 0.2) is 79.3 Å². The van der Waals surface area contributed by atoms with Crippen molar-refractivity contribution in [2.45, 2.75) is 51.9 Å². The molecule has 4 aromatic rings. The molecule has 4 rings (SSSR count). The van der Waals surface area contributed by atoms with Gasteiger partial charge < -0.3 is 25.3 Å². The fraction of sp³-hybridized carbons (Fsp3) is 0.281. The summed E-state index contributed by atoms with van der Waals surface area (Å²) >= 11 is 0. The predicted molar refractivity (Wildman–Crippen MR) is 158 cm³/mol. The summed E-state index contributed by atoms with van der Waals surface area (Å²) in [4.78, 5) is 42.9. The quantitative estimate of drug-likeness (QED) is 0.267. The van der Waals surface area contributed by atoms with Crippen molar-refractivity contribution in [2.75, 3.05) is 6.54 Å². The molecule has 3 N–H and O–H groups in total. The lowest BCUT2D eigenvalue weighted by Gasteiger charge is -2.22. The van der Waals surface area contributed by atoms with E-state index in [1.807, 2.05) is 59.2 Å². The molecule has 0 saturated carbocycles. The van der Waals surface area contributed by atoms with Crippen molar-refractivity contribution < 1.29 is 19.1 Å². The molecule has 0 aliphatic carbocycles. The van der Waals surface area contributed by atoms with Gasteiger partial charge in [0.2, 0.25) is 11.8 Å². The molecule has 0 fully saturated rings. The molecular weight excluding hydrogens is 532 g/mol. The molecule has 1 aromatic heterocycles. The molecule has 0 aliphatic heterocycles. The van der Waals surface area contributed by atoms with E-state index in [0.29, 0.717) is 17.8 Å². The predicted octanol–water partition coefficient (Wildman–Crippen LogP) is 3.82. The Balaban J connectivity index is 1.43. The Morgan fingerprint density at radius 2 is 1.74 bits per heavy atom. The van der Waals surface area contributed by atoms with Crippen molar-refractivity contribution in [2.24, 2.45) is 0 Å². The van der Waals surface area contributed by atoms with Crippen LogP contribution in [0.25, 0.3) is 10.8 Å². The summed E-state index contributed by atoms with van der Waals surface area (Å²) in [6.45, 7) is 5.77. The zero-order valence-corrected chi connectivity index (χ0v) is 23.9. The first-order valence-electron chi connectivity index (χ1n) is 13.6. The molecule has 42 heavy (non-hydrogen) atoms. The van der Waals surface area contributed by atoms with E-state index >= 15 is 0 Å². The average Bonchev–Trinajstić information content (AvgIpc) is 3.39. The molecule has 0 saturated heterocycles. The monoisotopic (exact) mass is 566 g/mol. The van der Waals surface area contributed by atoms with Crippen molar-refractivity contribution in [3.8, 4) is 6.07 Å². The van der Waals surface area contributed by atoms with Crippen LogP contribution in [-0.2, 0) is 33.8 Å². The number of aromatic nitrogens is 2. The molecule has 216 valence electrons. The SMILES string of the molecule is CC(C)(C)OC(=O)NCC(NC(=O)Cc1cncn1Cc1ccc(C#N)cc1)C(=O)NCc1cccc2ccccc12. The normalized spacial score (nSPS) is 11.8. The Kier molecular flexibility index (Phi) is 9.55. The Labute approximate surface area is 244 Å². The lowest BCUT2D eigenvalue weighted by Crippen LogP contribution is -2.53. The van der Waals surface area contributed by atoms with Gasteiger partial charge in [-0.25, -0.2) is 9.78 Å². The van der Waals surface area contributed by atoms with Crippen molar-refractivity contribution in [1.29, 1.82) is 5.26 Å². The van der Waals surface area contributed by atoms with Crippen LogP contribution in [0, 0.1) is 11.3 Å². The van der Waals surface area contributed by atoms with Crippen LogP contribution >= 0.6 is 0 Å². The van der Waals surface area contributed by atoms with Crippen molar-refractivity contribution in [1.82, 2.24) is 25.5 Å². The zero-order chi connectivity index (χ0) is 30.1. The summed E-state index contributed by atoms with van der Waals surface area (Å²) in [5, 5.41) is 19.3. The van der Waals surface area contributed by atoms with Crippen LogP contribution in [0.5, 0.6) is 0 Å². The first-order chi connectivity index (χ1) is 20.1. The molecule has 1 unspecified atom stereocenters. The zero-order valence-electron chi connectivity index (χ0n) is 23.9. The maximum Gasteiger partial charge on any atom is 0.407 e. The maximum absolute atomic E-state index is 13.3. The lowest BCUT2D eigenvalue weighted by molar-refractivity contribution is -0.128. The van der Waals surface area contributed by atoms with Crippen molar-refractivity contribution in [3.05, 3.63) is 102 Å². The fourth-order valence-corrected chi connectivity index (χ4v) is 4.39. The molecule has 0 aliphatic rings. The van der Waals surface area contributed by atoms with E-state index in [1.54, 1.807) is 45.4 Å². The summed E-state index contributed by atoms with van der Waals surface area (Å²) < 4.78 is 7.13. The van der Waals surface area contributed by atoms with Gasteiger partial charge in [-0.1, -0.05) is 54.6 Å². The standard InChI is InChI=1S/C32H34N6O4/c1-32(2,3)42-31(41)36-19-28(30(40)35-17-25-9-6-8-24-7-4-5-10-27(24)25)37-29(39)15-26-18-34-21-38(26)20-23-13-11-22(16-33)12-14-23/h4-14,18,21,28H,15,17,19-20H2,1-3H3,(H,35,40)(H,36,41)(H,37,39). The van der Waals surface area contributed by atoms with E-state index in [1.165, 1.54) is 0 Å². The molecule has 3 amide bonds. The van der Waals surface area contributed by atoms with Gasteiger partial charge in [-0.15, -0.1) is 0 Å². The number of hydrogen-bond acceptors (Lipinski definition) is 6. The van der Waals surface area contributed by atoms with Crippen LogP contribution in [0.1, 0.15) is 43.2 Å². The first-order valence-corrected chi connectivity index (χ1v) is 13.6. The minimum absolute atomic E-state index is 0.0319. The van der Waals surface area contributed by atoms with Gasteiger partial charge in [0.25, 0.3) is 0 Å². The first kappa shape index (κ1) is 29.8. The number of ether oxygens (including phenoxy) is 1. The van der Waals surface area contributed by atoms with E-state index in [4.69, 9.17) is 10.00 Å². The molecule has 10 nitrogen and oxygen atoms in total. The molecule has 1 heterocycles. The van der Waals surface area contributed by atoms with E-state index < -0.39 is 29.6 Å². The second-order valence-corrected chi connectivity index (χ2v) is 10.9. The number of nitriles is 1. The number of imidazole rings is 1. The van der Waals surface area contributed by atoms with Crippen molar-refractivity contribution in [3.63, 3.8) is 0 Å². The van der Waals surface area contributed by atoms with Gasteiger partial charge in [-0.3, -0.25) is 9.59 Å². The third-order valence-electron chi connectivity index (χ3n) is 6.41. The van der Waals surface area contributed by atoms with Gasteiger partial charge >= 0.3 is 6.09 Å². The molecule has 10 heteroatoms. The number of nitrogens with zero attached hydrogens (tertiary/aromatic N) is 3. The topological polar surface area (TPSA) is 138 Å². The number of amides is 3.